The second kappa shape index (κ2) is 3.31. The van der Waals surface area contributed by atoms with E-state index in [0.717, 1.165) is 22.4 Å². The number of benzene rings is 1. The number of aliphatic hydroxyl groups is 1. The normalized spacial score (nSPS) is 21.3. The summed E-state index contributed by atoms with van der Waals surface area (Å²) in [7, 11) is 0. The maximum absolute atomic E-state index is 13.0. The van der Waals surface area contributed by atoms with E-state index in [9.17, 15) is 9.50 Å². The molecule has 0 fully saturated rings. The number of hydrogen-bond donors (Lipinski definition) is 1. The van der Waals surface area contributed by atoms with Crippen LogP contribution < -0.4 is 0 Å². The van der Waals surface area contributed by atoms with Crippen LogP contribution in [0.4, 0.5) is 4.39 Å². The highest BCUT2D eigenvalue weighted by Gasteiger charge is 2.20. The summed E-state index contributed by atoms with van der Waals surface area (Å²) in [5.41, 5.74) is 2.82. The first-order valence-corrected chi connectivity index (χ1v) is 5.38. The average Bonchev–Trinajstić information content (AvgIpc) is 2.07. The third-order valence-corrected chi connectivity index (χ3v) is 3.40. The van der Waals surface area contributed by atoms with Crippen LogP contribution in [0.5, 0.6) is 0 Å². The fourth-order valence-corrected chi connectivity index (χ4v) is 2.77. The molecule has 0 amide bonds. The molecule has 2 rings (SSSR count). The van der Waals surface area contributed by atoms with Gasteiger partial charge in [0.15, 0.2) is 0 Å². The number of hydrogen-bond acceptors (Lipinski definition) is 2. The minimum Gasteiger partial charge on any atom is -0.388 e. The highest BCUT2D eigenvalue weighted by atomic mass is 32.2. The van der Waals surface area contributed by atoms with Crippen molar-refractivity contribution in [1.82, 2.24) is 0 Å². The lowest BCUT2D eigenvalue weighted by Crippen LogP contribution is -2.11. The highest BCUT2D eigenvalue weighted by Crippen LogP contribution is 2.33. The summed E-state index contributed by atoms with van der Waals surface area (Å²) in [5, 5.41) is 9.62. The first-order chi connectivity index (χ1) is 6.18. The molecule has 1 aliphatic rings. The first-order valence-electron chi connectivity index (χ1n) is 4.23. The Hall–Kier alpha value is -0.540. The van der Waals surface area contributed by atoms with Crippen LogP contribution in [-0.2, 0) is 5.75 Å². The molecule has 1 aromatic carbocycles. The Labute approximate surface area is 81.0 Å². The number of aliphatic hydroxyl groups excluding tert-OH is 1. The summed E-state index contributed by atoms with van der Waals surface area (Å²) in [4.78, 5) is 0. The molecule has 1 aliphatic heterocycles. The van der Waals surface area contributed by atoms with E-state index in [1.165, 1.54) is 12.1 Å². The Morgan fingerprint density at radius 1 is 1.54 bits per heavy atom. The van der Waals surface area contributed by atoms with Crippen molar-refractivity contribution in [1.29, 1.82) is 0 Å². The van der Waals surface area contributed by atoms with E-state index in [-0.39, 0.29) is 5.82 Å². The smallest absolute Gasteiger partial charge is 0.123 e. The monoisotopic (exact) mass is 198 g/mol. The maximum Gasteiger partial charge on any atom is 0.123 e. The standard InChI is InChI=1S/C10H11FOS/c1-6-2-7(11)3-8-9(6)4-13-5-10(8)12/h2-3,10,12H,4-5H2,1H3/t10-/m1/s1. The van der Waals surface area contributed by atoms with Crippen molar-refractivity contribution in [2.24, 2.45) is 0 Å². The van der Waals surface area contributed by atoms with Crippen LogP contribution in [0, 0.1) is 12.7 Å². The summed E-state index contributed by atoms with van der Waals surface area (Å²) >= 11 is 1.69. The molecule has 13 heavy (non-hydrogen) atoms. The van der Waals surface area contributed by atoms with E-state index < -0.39 is 6.10 Å². The van der Waals surface area contributed by atoms with Crippen molar-refractivity contribution < 1.29 is 9.50 Å². The van der Waals surface area contributed by atoms with Crippen molar-refractivity contribution >= 4 is 11.8 Å². The molecule has 70 valence electrons. The lowest BCUT2D eigenvalue weighted by Gasteiger charge is -2.22. The van der Waals surface area contributed by atoms with Gasteiger partial charge in [0.1, 0.15) is 5.82 Å². The maximum atomic E-state index is 13.0. The zero-order valence-electron chi connectivity index (χ0n) is 7.38. The van der Waals surface area contributed by atoms with E-state index in [4.69, 9.17) is 0 Å². The zero-order chi connectivity index (χ0) is 9.42. The van der Waals surface area contributed by atoms with Gasteiger partial charge in [-0.2, -0.15) is 11.8 Å². The summed E-state index contributed by atoms with van der Waals surface area (Å²) in [5.74, 6) is 1.32. The lowest BCUT2D eigenvalue weighted by atomic mass is 9.99. The van der Waals surface area contributed by atoms with Gasteiger partial charge in [-0.3, -0.25) is 0 Å². The van der Waals surface area contributed by atoms with E-state index in [1.807, 2.05) is 6.92 Å². The lowest BCUT2D eigenvalue weighted by molar-refractivity contribution is 0.201. The van der Waals surface area contributed by atoms with Gasteiger partial charge < -0.3 is 5.11 Å². The highest BCUT2D eigenvalue weighted by molar-refractivity contribution is 7.98. The molecule has 1 N–H and O–H groups in total. The van der Waals surface area contributed by atoms with Gasteiger partial charge in [0.25, 0.3) is 0 Å². The molecule has 0 saturated heterocycles. The molecular weight excluding hydrogens is 187 g/mol. The largest absolute Gasteiger partial charge is 0.388 e. The SMILES string of the molecule is Cc1cc(F)cc2c1CSC[C@H]2O. The predicted molar refractivity (Wildman–Crippen MR) is 52.3 cm³/mol. The molecule has 1 nitrogen and oxygen atoms in total. The van der Waals surface area contributed by atoms with Crippen LogP contribution in [0.3, 0.4) is 0 Å². The fourth-order valence-electron chi connectivity index (χ4n) is 1.66. The molecule has 0 radical (unpaired) electrons. The Kier molecular flexibility index (Phi) is 2.30. The van der Waals surface area contributed by atoms with Crippen molar-refractivity contribution in [2.75, 3.05) is 5.75 Å². The number of rotatable bonds is 0. The van der Waals surface area contributed by atoms with E-state index >= 15 is 0 Å². The Morgan fingerprint density at radius 2 is 2.31 bits per heavy atom. The summed E-state index contributed by atoms with van der Waals surface area (Å²) < 4.78 is 13.0. The topological polar surface area (TPSA) is 20.2 Å². The Balaban J connectivity index is 2.56. The molecule has 0 spiro atoms. The van der Waals surface area contributed by atoms with Gasteiger partial charge in [0.2, 0.25) is 0 Å². The van der Waals surface area contributed by atoms with Crippen molar-refractivity contribution in [3.8, 4) is 0 Å². The molecule has 0 bridgehead atoms. The summed E-state index contributed by atoms with van der Waals surface area (Å²) in [6, 6.07) is 2.98. The van der Waals surface area contributed by atoms with Gasteiger partial charge in [0.05, 0.1) is 6.10 Å². The van der Waals surface area contributed by atoms with Crippen LogP contribution in [0.2, 0.25) is 0 Å². The van der Waals surface area contributed by atoms with Crippen LogP contribution in [0.1, 0.15) is 22.8 Å². The predicted octanol–water partition coefficient (Wildman–Crippen LogP) is 2.41. The van der Waals surface area contributed by atoms with Crippen molar-refractivity contribution in [3.63, 3.8) is 0 Å². The second-order valence-electron chi connectivity index (χ2n) is 3.32. The summed E-state index contributed by atoms with van der Waals surface area (Å²) in [6.07, 6.45) is -0.497. The molecule has 3 heteroatoms. The van der Waals surface area contributed by atoms with Crippen LogP contribution in [0.15, 0.2) is 12.1 Å². The van der Waals surface area contributed by atoms with E-state index in [2.05, 4.69) is 0 Å². The van der Waals surface area contributed by atoms with Gasteiger partial charge in [-0.05, 0) is 35.7 Å². The molecule has 0 unspecified atom stereocenters. The van der Waals surface area contributed by atoms with Crippen molar-refractivity contribution in [2.45, 2.75) is 18.8 Å². The quantitative estimate of drug-likeness (QED) is 0.690. The third kappa shape index (κ3) is 1.58. The van der Waals surface area contributed by atoms with E-state index in [1.54, 1.807) is 11.8 Å². The molecular formula is C10H11FOS. The molecule has 0 aliphatic carbocycles. The Bertz CT molecular complexity index is 338. The first kappa shape index (κ1) is 9.03. The molecule has 0 aromatic heterocycles. The minimum atomic E-state index is -0.497. The van der Waals surface area contributed by atoms with Crippen LogP contribution in [0.25, 0.3) is 0 Å². The van der Waals surface area contributed by atoms with Gasteiger partial charge in [-0.15, -0.1) is 0 Å². The van der Waals surface area contributed by atoms with Gasteiger partial charge >= 0.3 is 0 Å². The molecule has 1 heterocycles. The fraction of sp³-hybridized carbons (Fsp3) is 0.400. The van der Waals surface area contributed by atoms with Gasteiger partial charge in [0, 0.05) is 11.5 Å². The third-order valence-electron chi connectivity index (χ3n) is 2.35. The van der Waals surface area contributed by atoms with Crippen LogP contribution >= 0.6 is 11.8 Å². The number of halogens is 1. The van der Waals surface area contributed by atoms with Gasteiger partial charge in [-0.1, -0.05) is 0 Å². The number of aryl methyl sites for hydroxylation is 1. The Morgan fingerprint density at radius 3 is 3.08 bits per heavy atom. The molecule has 0 saturated carbocycles. The summed E-state index contributed by atoms with van der Waals surface area (Å²) in [6.45, 7) is 1.89. The number of thioether (sulfide) groups is 1. The van der Waals surface area contributed by atoms with Crippen molar-refractivity contribution in [3.05, 3.63) is 34.6 Å². The molecule has 1 atom stereocenters. The average molecular weight is 198 g/mol. The minimum absolute atomic E-state index is 0.248. The molecule has 1 aromatic rings. The van der Waals surface area contributed by atoms with E-state index in [0.29, 0.717) is 5.75 Å². The zero-order valence-corrected chi connectivity index (χ0v) is 8.20. The number of fused-ring (bicyclic) bond motifs is 1. The van der Waals surface area contributed by atoms with Crippen LogP contribution in [-0.4, -0.2) is 10.9 Å². The second-order valence-corrected chi connectivity index (χ2v) is 4.35. The van der Waals surface area contributed by atoms with Gasteiger partial charge in [-0.25, -0.2) is 4.39 Å².